The molecule has 0 saturated carbocycles. The van der Waals surface area contributed by atoms with Crippen molar-refractivity contribution in [2.45, 2.75) is 26.2 Å². The number of nitrogens with zero attached hydrogens (tertiary/aromatic N) is 1. The van der Waals surface area contributed by atoms with Gasteiger partial charge in [-0.15, -0.1) is 11.3 Å². The standard InChI is InChI=1S/C18H18N2O4S/c1-2-24-18(22)14-12-9-6-10-13(20-23)15(12)25-17(14)19-16(21)11-7-4-3-5-8-11/h3-5,7-8,23H,2,6,9-10H2,1H3,(H,19,21). The van der Waals surface area contributed by atoms with Crippen molar-refractivity contribution in [3.8, 4) is 0 Å². The fourth-order valence-corrected chi connectivity index (χ4v) is 4.09. The Morgan fingerprint density at radius 3 is 2.72 bits per heavy atom. The summed E-state index contributed by atoms with van der Waals surface area (Å²) in [7, 11) is 0. The van der Waals surface area contributed by atoms with Gasteiger partial charge in [0, 0.05) is 5.56 Å². The smallest absolute Gasteiger partial charge is 0.341 e. The SMILES string of the molecule is CCOC(=O)c1c(NC(=O)c2ccccc2)sc2c1CCCC2=NO. The van der Waals surface area contributed by atoms with Gasteiger partial charge in [-0.2, -0.15) is 0 Å². The third-order valence-corrected chi connectivity index (χ3v) is 5.17. The van der Waals surface area contributed by atoms with E-state index in [-0.39, 0.29) is 12.5 Å². The van der Waals surface area contributed by atoms with Crippen LogP contribution in [0.5, 0.6) is 0 Å². The molecule has 0 bridgehead atoms. The van der Waals surface area contributed by atoms with E-state index in [1.54, 1.807) is 31.2 Å². The molecule has 0 atom stereocenters. The maximum atomic E-state index is 12.5. The summed E-state index contributed by atoms with van der Waals surface area (Å²) in [5.41, 5.74) is 2.19. The average Bonchev–Trinajstić information content (AvgIpc) is 3.00. The number of oxime groups is 1. The number of nitrogens with one attached hydrogen (secondary N) is 1. The molecule has 0 saturated heterocycles. The molecule has 7 heteroatoms. The number of benzene rings is 1. The van der Waals surface area contributed by atoms with Crippen molar-refractivity contribution in [1.29, 1.82) is 0 Å². The topological polar surface area (TPSA) is 88.0 Å². The van der Waals surface area contributed by atoms with Gasteiger partial charge in [0.2, 0.25) is 0 Å². The third-order valence-electron chi connectivity index (χ3n) is 3.97. The van der Waals surface area contributed by atoms with Gasteiger partial charge in [-0.05, 0) is 43.9 Å². The molecule has 1 aromatic heterocycles. The lowest BCUT2D eigenvalue weighted by atomic mass is 9.94. The van der Waals surface area contributed by atoms with Gasteiger partial charge in [0.25, 0.3) is 5.91 Å². The summed E-state index contributed by atoms with van der Waals surface area (Å²) in [6.45, 7) is 1.98. The number of hydrogen-bond donors (Lipinski definition) is 2. The number of carbonyl (C=O) groups is 2. The van der Waals surface area contributed by atoms with Crippen LogP contribution in [-0.2, 0) is 11.2 Å². The highest BCUT2D eigenvalue weighted by Crippen LogP contribution is 2.39. The van der Waals surface area contributed by atoms with E-state index in [9.17, 15) is 14.8 Å². The van der Waals surface area contributed by atoms with E-state index >= 15 is 0 Å². The molecule has 0 spiro atoms. The van der Waals surface area contributed by atoms with Crippen molar-refractivity contribution in [1.82, 2.24) is 0 Å². The minimum Gasteiger partial charge on any atom is -0.462 e. The van der Waals surface area contributed by atoms with Crippen LogP contribution in [0.3, 0.4) is 0 Å². The van der Waals surface area contributed by atoms with Crippen molar-refractivity contribution < 1.29 is 19.5 Å². The molecule has 1 aromatic carbocycles. The minimum atomic E-state index is -0.470. The Kier molecular flexibility index (Phi) is 5.14. The molecule has 1 heterocycles. The number of esters is 1. The second-order valence-electron chi connectivity index (χ2n) is 5.55. The molecule has 0 fully saturated rings. The van der Waals surface area contributed by atoms with Crippen LogP contribution in [0.4, 0.5) is 5.00 Å². The van der Waals surface area contributed by atoms with E-state index in [4.69, 9.17) is 4.74 Å². The molecule has 3 rings (SSSR count). The van der Waals surface area contributed by atoms with Crippen LogP contribution in [0.1, 0.15) is 50.9 Å². The molecule has 1 amide bonds. The first-order chi connectivity index (χ1) is 12.2. The van der Waals surface area contributed by atoms with Gasteiger partial charge < -0.3 is 15.3 Å². The summed E-state index contributed by atoms with van der Waals surface area (Å²) >= 11 is 1.25. The van der Waals surface area contributed by atoms with Crippen molar-refractivity contribution in [2.75, 3.05) is 11.9 Å². The third kappa shape index (κ3) is 3.41. The van der Waals surface area contributed by atoms with E-state index < -0.39 is 5.97 Å². The van der Waals surface area contributed by atoms with Gasteiger partial charge in [0.15, 0.2) is 0 Å². The number of ether oxygens (including phenoxy) is 1. The molecule has 6 nitrogen and oxygen atoms in total. The molecule has 1 aliphatic carbocycles. The lowest BCUT2D eigenvalue weighted by molar-refractivity contribution is 0.0527. The van der Waals surface area contributed by atoms with Gasteiger partial charge in [0.05, 0.1) is 22.8 Å². The van der Waals surface area contributed by atoms with Crippen molar-refractivity contribution >= 4 is 33.9 Å². The van der Waals surface area contributed by atoms with Gasteiger partial charge in [-0.25, -0.2) is 4.79 Å². The van der Waals surface area contributed by atoms with Crippen LogP contribution in [0.2, 0.25) is 0 Å². The fraction of sp³-hybridized carbons (Fsp3) is 0.278. The first-order valence-corrected chi connectivity index (χ1v) is 8.87. The van der Waals surface area contributed by atoms with Gasteiger partial charge in [-0.1, -0.05) is 23.4 Å². The Hall–Kier alpha value is -2.67. The van der Waals surface area contributed by atoms with Crippen LogP contribution in [-0.4, -0.2) is 29.4 Å². The molecule has 1 aliphatic rings. The highest BCUT2D eigenvalue weighted by molar-refractivity contribution is 7.19. The fourth-order valence-electron chi connectivity index (χ4n) is 2.85. The second-order valence-corrected chi connectivity index (χ2v) is 6.58. The lowest BCUT2D eigenvalue weighted by Crippen LogP contribution is -2.16. The van der Waals surface area contributed by atoms with E-state index in [0.717, 1.165) is 16.9 Å². The molecule has 2 N–H and O–H groups in total. The Morgan fingerprint density at radius 1 is 1.28 bits per heavy atom. The number of hydrogen-bond acceptors (Lipinski definition) is 6. The molecular formula is C18H18N2O4S. The molecule has 0 unspecified atom stereocenters. The van der Waals surface area contributed by atoms with Crippen LogP contribution in [0, 0.1) is 0 Å². The monoisotopic (exact) mass is 358 g/mol. The number of fused-ring (bicyclic) bond motifs is 1. The normalized spacial score (nSPS) is 14.8. The Balaban J connectivity index is 2.01. The van der Waals surface area contributed by atoms with Crippen molar-refractivity contribution in [3.05, 3.63) is 51.9 Å². The number of amides is 1. The first-order valence-electron chi connectivity index (χ1n) is 8.06. The summed E-state index contributed by atoms with van der Waals surface area (Å²) in [5.74, 6) is -0.769. The summed E-state index contributed by atoms with van der Waals surface area (Å²) in [5, 5.41) is 15.8. The van der Waals surface area contributed by atoms with Gasteiger partial charge >= 0.3 is 5.97 Å². The maximum absolute atomic E-state index is 12.5. The van der Waals surface area contributed by atoms with Crippen LogP contribution in [0.25, 0.3) is 0 Å². The quantitative estimate of drug-likeness (QED) is 0.496. The van der Waals surface area contributed by atoms with Crippen LogP contribution < -0.4 is 5.32 Å². The predicted molar refractivity (Wildman–Crippen MR) is 95.9 cm³/mol. The van der Waals surface area contributed by atoms with Crippen molar-refractivity contribution in [3.63, 3.8) is 0 Å². The highest BCUT2D eigenvalue weighted by Gasteiger charge is 2.30. The summed E-state index contributed by atoms with van der Waals surface area (Å²) in [4.78, 5) is 25.7. The molecule has 25 heavy (non-hydrogen) atoms. The Labute approximate surface area is 149 Å². The lowest BCUT2D eigenvalue weighted by Gasteiger charge is -2.13. The van der Waals surface area contributed by atoms with Crippen LogP contribution in [0.15, 0.2) is 35.5 Å². The zero-order valence-electron chi connectivity index (χ0n) is 13.7. The predicted octanol–water partition coefficient (Wildman–Crippen LogP) is 3.69. The first kappa shape index (κ1) is 17.2. The number of carbonyl (C=O) groups excluding carboxylic acids is 2. The van der Waals surface area contributed by atoms with E-state index in [0.29, 0.717) is 34.7 Å². The zero-order chi connectivity index (χ0) is 17.8. The maximum Gasteiger partial charge on any atom is 0.341 e. The largest absolute Gasteiger partial charge is 0.462 e. The Morgan fingerprint density at radius 2 is 2.04 bits per heavy atom. The van der Waals surface area contributed by atoms with E-state index in [1.165, 1.54) is 11.3 Å². The van der Waals surface area contributed by atoms with Crippen molar-refractivity contribution in [2.24, 2.45) is 5.16 Å². The van der Waals surface area contributed by atoms with Gasteiger partial charge in [-0.3, -0.25) is 4.79 Å². The van der Waals surface area contributed by atoms with Gasteiger partial charge in [0.1, 0.15) is 5.00 Å². The average molecular weight is 358 g/mol. The van der Waals surface area contributed by atoms with Crippen LogP contribution >= 0.6 is 11.3 Å². The summed E-state index contributed by atoms with van der Waals surface area (Å²) in [6, 6.07) is 8.78. The second kappa shape index (κ2) is 7.48. The summed E-state index contributed by atoms with van der Waals surface area (Å²) < 4.78 is 5.16. The number of rotatable bonds is 4. The number of anilines is 1. The summed E-state index contributed by atoms with van der Waals surface area (Å²) in [6.07, 6.45) is 2.10. The Bertz CT molecular complexity index is 827. The highest BCUT2D eigenvalue weighted by atomic mass is 32.1. The zero-order valence-corrected chi connectivity index (χ0v) is 14.6. The minimum absolute atomic E-state index is 0.246. The van der Waals surface area contributed by atoms with E-state index in [1.807, 2.05) is 6.07 Å². The molecular weight excluding hydrogens is 340 g/mol. The molecule has 2 aromatic rings. The molecule has 0 aliphatic heterocycles. The molecule has 130 valence electrons. The molecule has 0 radical (unpaired) electrons. The van der Waals surface area contributed by atoms with E-state index in [2.05, 4.69) is 10.5 Å². The number of thiophene rings is 1.